The van der Waals surface area contributed by atoms with E-state index in [0.717, 1.165) is 34.0 Å². The summed E-state index contributed by atoms with van der Waals surface area (Å²) in [5, 5.41) is 11.0. The van der Waals surface area contributed by atoms with Crippen LogP contribution in [0.15, 0.2) is 67.8 Å². The highest BCUT2D eigenvalue weighted by Gasteiger charge is 2.16. The molecule has 1 aromatic carbocycles. The number of nitrogens with zero attached hydrogens (tertiary/aromatic N) is 7. The number of aromatic nitrogens is 7. The summed E-state index contributed by atoms with van der Waals surface area (Å²) < 4.78 is 5.81. The molecule has 190 valence electrons. The second kappa shape index (κ2) is 12.6. The number of fused-ring (bicyclic) bond motifs is 1. The Bertz CT molecular complexity index is 1330. The van der Waals surface area contributed by atoms with E-state index in [1.165, 1.54) is 6.42 Å². The van der Waals surface area contributed by atoms with Gasteiger partial charge in [-0.2, -0.15) is 5.10 Å². The monoisotopic (exact) mass is 487 g/mol. The number of aryl methyl sites for hydroxylation is 1. The standard InChI is InChI=1S/C22H23N9.C3H8.C2H6/c1-15(23-2)19-13-31-20(16-10-26-29(3)12-16)11-25-22(31)21(28-19)27-17-4-6-18(7-5-17)30-9-8-24-14-30;1-3-2;1-2/h4-15,23H,1-3H3,(H,27,28);3H2,1-2H3;1-2H3. The summed E-state index contributed by atoms with van der Waals surface area (Å²) in [6.07, 6.45) is 14.4. The molecule has 0 fully saturated rings. The molecule has 0 aliphatic carbocycles. The molecule has 9 nitrogen and oxygen atoms in total. The summed E-state index contributed by atoms with van der Waals surface area (Å²) in [6.45, 7) is 10.3. The molecular formula is C27H37N9. The van der Waals surface area contributed by atoms with Gasteiger partial charge in [0, 0.05) is 54.8 Å². The number of anilines is 2. The van der Waals surface area contributed by atoms with Crippen LogP contribution in [0.2, 0.25) is 0 Å². The van der Waals surface area contributed by atoms with Crippen molar-refractivity contribution in [2.75, 3.05) is 12.4 Å². The van der Waals surface area contributed by atoms with E-state index >= 15 is 0 Å². The van der Waals surface area contributed by atoms with Crippen molar-refractivity contribution in [1.29, 1.82) is 0 Å². The molecule has 4 heterocycles. The fraction of sp³-hybridized carbons (Fsp3) is 0.333. The third kappa shape index (κ3) is 5.98. The van der Waals surface area contributed by atoms with Crippen molar-refractivity contribution in [3.05, 3.63) is 73.5 Å². The number of imidazole rings is 2. The molecule has 0 bridgehead atoms. The molecular weight excluding hydrogens is 450 g/mol. The molecule has 0 saturated carbocycles. The first-order chi connectivity index (χ1) is 17.5. The Balaban J connectivity index is 0.000000674. The molecule has 4 aromatic heterocycles. The molecule has 0 amide bonds. The maximum atomic E-state index is 4.86. The van der Waals surface area contributed by atoms with Crippen LogP contribution in [0.4, 0.5) is 11.5 Å². The summed E-state index contributed by atoms with van der Waals surface area (Å²) in [5.74, 6) is 0.699. The molecule has 36 heavy (non-hydrogen) atoms. The molecule has 5 aromatic rings. The maximum absolute atomic E-state index is 4.86. The zero-order valence-electron chi connectivity index (χ0n) is 22.3. The summed E-state index contributed by atoms with van der Waals surface area (Å²) in [7, 11) is 3.83. The summed E-state index contributed by atoms with van der Waals surface area (Å²) in [5.41, 5.74) is 5.60. The van der Waals surface area contributed by atoms with Gasteiger partial charge in [-0.25, -0.2) is 15.0 Å². The van der Waals surface area contributed by atoms with Gasteiger partial charge in [-0.05, 0) is 38.2 Å². The largest absolute Gasteiger partial charge is 0.337 e. The molecule has 5 rings (SSSR count). The first kappa shape index (κ1) is 26.6. The van der Waals surface area contributed by atoms with Gasteiger partial charge in [0.1, 0.15) is 0 Å². The Kier molecular flexibility index (Phi) is 9.35. The number of hydrogen-bond donors (Lipinski definition) is 2. The lowest BCUT2D eigenvalue weighted by Gasteiger charge is -2.15. The van der Waals surface area contributed by atoms with E-state index < -0.39 is 0 Å². The Morgan fingerprint density at radius 1 is 1.03 bits per heavy atom. The van der Waals surface area contributed by atoms with Gasteiger partial charge in [0.15, 0.2) is 11.5 Å². The van der Waals surface area contributed by atoms with Crippen molar-refractivity contribution in [2.45, 2.75) is 47.1 Å². The van der Waals surface area contributed by atoms with E-state index in [4.69, 9.17) is 4.98 Å². The highest BCUT2D eigenvalue weighted by atomic mass is 15.2. The van der Waals surface area contributed by atoms with Crippen LogP contribution in [0.1, 0.15) is 52.8 Å². The summed E-state index contributed by atoms with van der Waals surface area (Å²) in [6, 6.07) is 8.19. The number of nitrogens with one attached hydrogen (secondary N) is 2. The predicted octanol–water partition coefficient (Wildman–Crippen LogP) is 5.78. The number of hydrogen-bond acceptors (Lipinski definition) is 6. The van der Waals surface area contributed by atoms with Crippen LogP contribution in [-0.2, 0) is 7.05 Å². The molecule has 1 atom stereocenters. The van der Waals surface area contributed by atoms with Crippen LogP contribution in [0.5, 0.6) is 0 Å². The molecule has 1 unspecified atom stereocenters. The average Bonchev–Trinajstić information content (AvgIpc) is 3.67. The first-order valence-corrected chi connectivity index (χ1v) is 12.4. The zero-order chi connectivity index (χ0) is 26.1. The van der Waals surface area contributed by atoms with Gasteiger partial charge < -0.3 is 15.2 Å². The fourth-order valence-corrected chi connectivity index (χ4v) is 3.48. The fourth-order valence-electron chi connectivity index (χ4n) is 3.48. The van der Waals surface area contributed by atoms with E-state index in [2.05, 4.69) is 50.9 Å². The number of benzene rings is 1. The lowest BCUT2D eigenvalue weighted by molar-refractivity contribution is 0.629. The Labute approximate surface area is 213 Å². The van der Waals surface area contributed by atoms with Gasteiger partial charge in [-0.1, -0.05) is 34.1 Å². The van der Waals surface area contributed by atoms with Crippen molar-refractivity contribution in [2.24, 2.45) is 7.05 Å². The van der Waals surface area contributed by atoms with Crippen LogP contribution in [0.25, 0.3) is 22.6 Å². The summed E-state index contributed by atoms with van der Waals surface area (Å²) in [4.78, 5) is 13.6. The van der Waals surface area contributed by atoms with Crippen molar-refractivity contribution in [3.63, 3.8) is 0 Å². The van der Waals surface area contributed by atoms with Crippen LogP contribution < -0.4 is 10.6 Å². The van der Waals surface area contributed by atoms with Gasteiger partial charge in [0.25, 0.3) is 0 Å². The molecule has 2 N–H and O–H groups in total. The molecule has 0 aliphatic rings. The number of rotatable bonds is 6. The van der Waals surface area contributed by atoms with E-state index in [1.54, 1.807) is 17.2 Å². The topological polar surface area (TPSA) is 89.9 Å². The third-order valence-electron chi connectivity index (χ3n) is 5.32. The molecule has 9 heteroatoms. The van der Waals surface area contributed by atoms with Gasteiger partial charge in [-0.15, -0.1) is 0 Å². The van der Waals surface area contributed by atoms with E-state index in [0.29, 0.717) is 5.82 Å². The average molecular weight is 488 g/mol. The van der Waals surface area contributed by atoms with E-state index in [-0.39, 0.29) is 6.04 Å². The first-order valence-electron chi connectivity index (χ1n) is 12.4. The summed E-state index contributed by atoms with van der Waals surface area (Å²) >= 11 is 0. The lowest BCUT2D eigenvalue weighted by atomic mass is 10.2. The van der Waals surface area contributed by atoms with Crippen LogP contribution in [-0.4, -0.2) is 40.7 Å². The minimum absolute atomic E-state index is 0.0812. The zero-order valence-corrected chi connectivity index (χ0v) is 22.3. The van der Waals surface area contributed by atoms with Gasteiger partial charge in [0.05, 0.1) is 30.1 Å². The molecule has 0 spiro atoms. The Morgan fingerprint density at radius 3 is 2.33 bits per heavy atom. The smallest absolute Gasteiger partial charge is 0.180 e. The van der Waals surface area contributed by atoms with E-state index in [9.17, 15) is 0 Å². The van der Waals surface area contributed by atoms with Crippen molar-refractivity contribution in [1.82, 2.24) is 39.0 Å². The second-order valence-corrected chi connectivity index (χ2v) is 8.11. The quantitative estimate of drug-likeness (QED) is 0.315. The SMILES string of the molecule is CC.CCC.CNC(C)c1cn2c(-c3cnn(C)c3)cnc2c(Nc2ccc(-n3ccnc3)cc2)n1. The third-order valence-corrected chi connectivity index (χ3v) is 5.32. The molecule has 0 saturated heterocycles. The van der Waals surface area contributed by atoms with Crippen LogP contribution >= 0.6 is 0 Å². The Hall–Kier alpha value is -3.98. The van der Waals surface area contributed by atoms with Crippen LogP contribution in [0, 0.1) is 0 Å². The minimum atomic E-state index is 0.0812. The highest BCUT2D eigenvalue weighted by Crippen LogP contribution is 2.27. The minimum Gasteiger partial charge on any atom is -0.337 e. The van der Waals surface area contributed by atoms with Gasteiger partial charge >= 0.3 is 0 Å². The van der Waals surface area contributed by atoms with Crippen molar-refractivity contribution < 1.29 is 0 Å². The van der Waals surface area contributed by atoms with Gasteiger partial charge in [0.2, 0.25) is 0 Å². The highest BCUT2D eigenvalue weighted by molar-refractivity contribution is 5.74. The van der Waals surface area contributed by atoms with Gasteiger partial charge in [-0.3, -0.25) is 9.08 Å². The Morgan fingerprint density at radius 2 is 1.75 bits per heavy atom. The maximum Gasteiger partial charge on any atom is 0.180 e. The van der Waals surface area contributed by atoms with Crippen molar-refractivity contribution >= 4 is 17.2 Å². The molecule has 0 aliphatic heterocycles. The lowest BCUT2D eigenvalue weighted by Crippen LogP contribution is -2.15. The normalized spacial score (nSPS) is 11.3. The second-order valence-electron chi connectivity index (χ2n) is 8.11. The van der Waals surface area contributed by atoms with E-state index in [1.807, 2.05) is 87.8 Å². The molecule has 0 radical (unpaired) electrons. The van der Waals surface area contributed by atoms with Crippen molar-refractivity contribution in [3.8, 4) is 16.9 Å². The predicted molar refractivity (Wildman–Crippen MR) is 147 cm³/mol. The van der Waals surface area contributed by atoms with Crippen LogP contribution in [0.3, 0.4) is 0 Å².